The second kappa shape index (κ2) is 5.75. The van der Waals surface area contributed by atoms with Crippen molar-refractivity contribution in [2.75, 3.05) is 0 Å². The molecule has 2 rings (SSSR count). The minimum atomic E-state index is 0.0387. The van der Waals surface area contributed by atoms with E-state index in [-0.39, 0.29) is 11.3 Å². The first-order valence-electron chi connectivity index (χ1n) is 6.32. The molecule has 0 amide bonds. The molecule has 2 N–H and O–H groups in total. The second-order valence-electron chi connectivity index (χ2n) is 4.97. The zero-order chi connectivity index (χ0) is 14.0. The van der Waals surface area contributed by atoms with Crippen molar-refractivity contribution in [1.29, 1.82) is 0 Å². The Morgan fingerprint density at radius 2 is 2.05 bits per heavy atom. The molecule has 2 unspecified atom stereocenters. The number of hydrogen-bond acceptors (Lipinski definition) is 4. The van der Waals surface area contributed by atoms with Crippen LogP contribution >= 0.6 is 11.8 Å². The minimum absolute atomic E-state index is 0.0387. The molecule has 2 heterocycles. The van der Waals surface area contributed by atoms with Gasteiger partial charge in [0, 0.05) is 30.5 Å². The van der Waals surface area contributed by atoms with Crippen molar-refractivity contribution in [2.24, 2.45) is 12.8 Å². The van der Waals surface area contributed by atoms with Gasteiger partial charge >= 0.3 is 0 Å². The average molecular weight is 276 g/mol. The maximum atomic E-state index is 6.12. The van der Waals surface area contributed by atoms with Gasteiger partial charge in [0.05, 0.1) is 16.5 Å². The number of nitrogens with two attached hydrogens (primary N) is 1. The van der Waals surface area contributed by atoms with Gasteiger partial charge in [-0.25, -0.2) is 4.98 Å². The fraction of sp³-hybridized carbons (Fsp3) is 0.429. The lowest BCUT2D eigenvalue weighted by atomic mass is 10.1. The summed E-state index contributed by atoms with van der Waals surface area (Å²) in [6.45, 7) is 6.12. The largest absolute Gasteiger partial charge is 0.327 e. The van der Waals surface area contributed by atoms with Crippen molar-refractivity contribution >= 4 is 11.8 Å². The van der Waals surface area contributed by atoms with Gasteiger partial charge in [-0.15, -0.1) is 0 Å². The molecule has 0 aliphatic carbocycles. The quantitative estimate of drug-likeness (QED) is 0.872. The van der Waals surface area contributed by atoms with Crippen LogP contribution in [0.15, 0.2) is 29.6 Å². The van der Waals surface area contributed by atoms with Crippen LogP contribution in [0, 0.1) is 13.8 Å². The number of rotatable bonds is 4. The van der Waals surface area contributed by atoms with Crippen molar-refractivity contribution in [3.63, 3.8) is 0 Å². The predicted molar refractivity (Wildman–Crippen MR) is 79.2 cm³/mol. The highest BCUT2D eigenvalue weighted by Crippen LogP contribution is 2.36. The molecule has 0 spiro atoms. The Morgan fingerprint density at radius 1 is 1.32 bits per heavy atom. The van der Waals surface area contributed by atoms with Crippen molar-refractivity contribution in [3.05, 3.63) is 41.3 Å². The maximum Gasteiger partial charge on any atom is 0.0972 e. The van der Waals surface area contributed by atoms with E-state index in [1.165, 1.54) is 5.56 Å². The van der Waals surface area contributed by atoms with Crippen molar-refractivity contribution in [1.82, 2.24) is 14.8 Å². The summed E-state index contributed by atoms with van der Waals surface area (Å²) in [7, 11) is 1.92. The standard InChI is InChI=1S/C14H20N4S/c1-9-5-10(2)17-13(6-9)19-14(11(3)15)12-7-16-18(4)8-12/h5-8,11,14H,15H2,1-4H3. The third-order valence-electron chi connectivity index (χ3n) is 2.85. The number of pyridine rings is 1. The molecule has 0 aliphatic rings. The summed E-state index contributed by atoms with van der Waals surface area (Å²) in [6.07, 6.45) is 3.90. The zero-order valence-corrected chi connectivity index (χ0v) is 12.6. The Hall–Kier alpha value is -1.33. The topological polar surface area (TPSA) is 56.7 Å². The highest BCUT2D eigenvalue weighted by molar-refractivity contribution is 7.99. The second-order valence-corrected chi connectivity index (χ2v) is 6.13. The van der Waals surface area contributed by atoms with Gasteiger partial charge in [0.1, 0.15) is 0 Å². The molecule has 0 saturated heterocycles. The van der Waals surface area contributed by atoms with Crippen LogP contribution in [-0.4, -0.2) is 20.8 Å². The van der Waals surface area contributed by atoms with Gasteiger partial charge < -0.3 is 5.73 Å². The summed E-state index contributed by atoms with van der Waals surface area (Å²) in [5.74, 6) is 0. The van der Waals surface area contributed by atoms with E-state index in [2.05, 4.69) is 29.1 Å². The van der Waals surface area contributed by atoms with Crippen molar-refractivity contribution in [2.45, 2.75) is 37.1 Å². The molecule has 4 nitrogen and oxygen atoms in total. The van der Waals surface area contributed by atoms with E-state index >= 15 is 0 Å². The summed E-state index contributed by atoms with van der Waals surface area (Å²) < 4.78 is 1.81. The minimum Gasteiger partial charge on any atom is -0.327 e. The van der Waals surface area contributed by atoms with Gasteiger partial charge in [0.2, 0.25) is 0 Å². The molecule has 0 aromatic carbocycles. The maximum absolute atomic E-state index is 6.12. The van der Waals surface area contributed by atoms with Crippen LogP contribution < -0.4 is 5.73 Å². The monoisotopic (exact) mass is 276 g/mol. The molecule has 0 saturated carbocycles. The number of aryl methyl sites for hydroxylation is 3. The molecule has 102 valence electrons. The fourth-order valence-electron chi connectivity index (χ4n) is 2.06. The molecule has 0 aliphatic heterocycles. The molecule has 2 aromatic heterocycles. The zero-order valence-electron chi connectivity index (χ0n) is 11.8. The lowest BCUT2D eigenvalue weighted by Crippen LogP contribution is -2.22. The number of nitrogens with zero attached hydrogens (tertiary/aromatic N) is 3. The Labute approximate surface area is 118 Å². The predicted octanol–water partition coefficient (Wildman–Crippen LogP) is 2.61. The number of aromatic nitrogens is 3. The van der Waals surface area contributed by atoms with E-state index in [1.807, 2.05) is 33.3 Å². The molecule has 2 aromatic rings. The van der Waals surface area contributed by atoms with Crippen molar-refractivity contribution < 1.29 is 0 Å². The van der Waals surface area contributed by atoms with Gasteiger partial charge in [-0.3, -0.25) is 4.68 Å². The third kappa shape index (κ3) is 3.58. The highest BCUT2D eigenvalue weighted by Gasteiger charge is 2.20. The van der Waals surface area contributed by atoms with Gasteiger partial charge in [-0.1, -0.05) is 11.8 Å². The number of hydrogen-bond donors (Lipinski definition) is 1. The van der Waals surface area contributed by atoms with E-state index in [1.54, 1.807) is 16.4 Å². The first-order valence-corrected chi connectivity index (χ1v) is 7.20. The summed E-state index contributed by atoms with van der Waals surface area (Å²) >= 11 is 1.70. The van der Waals surface area contributed by atoms with Crippen LogP contribution in [0.4, 0.5) is 0 Å². The average Bonchev–Trinajstić information content (AvgIpc) is 2.70. The summed E-state index contributed by atoms with van der Waals surface area (Å²) in [5.41, 5.74) is 9.52. The molecule has 0 fully saturated rings. The smallest absolute Gasteiger partial charge is 0.0972 e. The Balaban J connectivity index is 2.26. The molecule has 19 heavy (non-hydrogen) atoms. The van der Waals surface area contributed by atoms with Crippen LogP contribution in [-0.2, 0) is 7.05 Å². The van der Waals surface area contributed by atoms with Crippen molar-refractivity contribution in [3.8, 4) is 0 Å². The van der Waals surface area contributed by atoms with Gasteiger partial charge in [-0.05, 0) is 38.5 Å². The summed E-state index contributed by atoms with van der Waals surface area (Å²) in [4.78, 5) is 4.57. The van der Waals surface area contributed by atoms with Gasteiger partial charge in [-0.2, -0.15) is 5.10 Å². The van der Waals surface area contributed by atoms with Crippen LogP contribution in [0.3, 0.4) is 0 Å². The Morgan fingerprint density at radius 3 is 2.58 bits per heavy atom. The fourth-order valence-corrected chi connectivity index (χ4v) is 3.24. The van der Waals surface area contributed by atoms with E-state index in [0.717, 1.165) is 16.3 Å². The Bertz CT molecular complexity index is 542. The van der Waals surface area contributed by atoms with E-state index in [9.17, 15) is 0 Å². The summed E-state index contributed by atoms with van der Waals surface area (Å²) in [6, 6.07) is 4.22. The first-order chi connectivity index (χ1) is 8.95. The van der Waals surface area contributed by atoms with Gasteiger partial charge in [0.15, 0.2) is 0 Å². The van der Waals surface area contributed by atoms with Crippen LogP contribution in [0.2, 0.25) is 0 Å². The van der Waals surface area contributed by atoms with E-state index in [0.29, 0.717) is 0 Å². The van der Waals surface area contributed by atoms with E-state index in [4.69, 9.17) is 5.73 Å². The highest BCUT2D eigenvalue weighted by atomic mass is 32.2. The van der Waals surface area contributed by atoms with Crippen LogP contribution in [0.25, 0.3) is 0 Å². The Kier molecular flexibility index (Phi) is 4.27. The van der Waals surface area contributed by atoms with Crippen LogP contribution in [0.1, 0.15) is 29.0 Å². The van der Waals surface area contributed by atoms with Gasteiger partial charge in [0.25, 0.3) is 0 Å². The molecular formula is C14H20N4S. The first kappa shape index (κ1) is 14.1. The number of thioether (sulfide) groups is 1. The molecular weight excluding hydrogens is 256 g/mol. The SMILES string of the molecule is Cc1cc(C)nc(SC(c2cnn(C)c2)C(C)N)c1. The molecule has 5 heteroatoms. The lowest BCUT2D eigenvalue weighted by Gasteiger charge is -2.18. The molecule has 0 bridgehead atoms. The molecule has 0 radical (unpaired) electrons. The normalized spacial score (nSPS) is 14.4. The van der Waals surface area contributed by atoms with E-state index < -0.39 is 0 Å². The molecule has 2 atom stereocenters. The van der Waals surface area contributed by atoms with Crippen LogP contribution in [0.5, 0.6) is 0 Å². The lowest BCUT2D eigenvalue weighted by molar-refractivity contribution is 0.717. The summed E-state index contributed by atoms with van der Waals surface area (Å²) in [5, 5.41) is 5.41. The third-order valence-corrected chi connectivity index (χ3v) is 4.26.